The second-order valence-electron chi connectivity index (χ2n) is 3.27. The van der Waals surface area contributed by atoms with Gasteiger partial charge in [-0.2, -0.15) is 0 Å². The molecule has 0 saturated carbocycles. The van der Waals surface area contributed by atoms with Crippen molar-refractivity contribution in [3.63, 3.8) is 0 Å². The molecule has 0 aliphatic rings. The molecule has 0 saturated heterocycles. The molecule has 5 nitrogen and oxygen atoms in total. The van der Waals surface area contributed by atoms with Crippen molar-refractivity contribution in [2.45, 2.75) is 12.5 Å². The van der Waals surface area contributed by atoms with Crippen LogP contribution in [-0.4, -0.2) is 22.7 Å². The van der Waals surface area contributed by atoms with Gasteiger partial charge in [0.05, 0.1) is 6.42 Å². The van der Waals surface area contributed by atoms with E-state index in [0.29, 0.717) is 11.1 Å². The first kappa shape index (κ1) is 11.5. The maximum atomic E-state index is 10.5. The summed E-state index contributed by atoms with van der Waals surface area (Å²) < 4.78 is 0. The van der Waals surface area contributed by atoms with Crippen LogP contribution in [0.5, 0.6) is 5.75 Å². The van der Waals surface area contributed by atoms with E-state index in [1.165, 1.54) is 0 Å². The number of benzene rings is 1. The molecule has 0 spiro atoms. The molecule has 0 amide bonds. The molecule has 0 radical (unpaired) electrons. The van der Waals surface area contributed by atoms with Gasteiger partial charge in [0.1, 0.15) is 5.75 Å². The highest BCUT2D eigenvalue weighted by Crippen LogP contribution is 2.26. The Morgan fingerprint density at radius 2 is 2.13 bits per heavy atom. The number of hydrogen-bond acceptors (Lipinski definition) is 4. The number of aromatic hydroxyl groups is 1. The van der Waals surface area contributed by atoms with Gasteiger partial charge in [0.25, 0.3) is 0 Å². The number of nitrogens with two attached hydrogens (primary N) is 2. The van der Waals surface area contributed by atoms with Gasteiger partial charge in [-0.1, -0.05) is 18.2 Å². The lowest BCUT2D eigenvalue weighted by Gasteiger charge is -2.13. The number of carboxylic acid groups (broad SMARTS) is 1. The van der Waals surface area contributed by atoms with Gasteiger partial charge in [0, 0.05) is 23.7 Å². The summed E-state index contributed by atoms with van der Waals surface area (Å²) >= 11 is 0. The number of para-hydroxylation sites is 1. The van der Waals surface area contributed by atoms with Gasteiger partial charge in [-0.25, -0.2) is 0 Å². The quantitative estimate of drug-likeness (QED) is 0.558. The Morgan fingerprint density at radius 3 is 2.67 bits per heavy atom. The second kappa shape index (κ2) is 4.77. The molecule has 0 bridgehead atoms. The standard InChI is InChI=1S/C10H14N2O3/c11-5-8(12)7-3-1-2-6(10(7)15)4-9(13)14/h1-3,8,15H,4-5,11-12H2,(H,13,14)/t8-/m0/s1. The number of phenols is 1. The molecular weight excluding hydrogens is 196 g/mol. The van der Waals surface area contributed by atoms with Crippen molar-refractivity contribution >= 4 is 5.97 Å². The summed E-state index contributed by atoms with van der Waals surface area (Å²) in [5.41, 5.74) is 11.9. The molecule has 1 aromatic rings. The predicted octanol–water partition coefficient (Wildman–Crippen LogP) is -0.0222. The van der Waals surface area contributed by atoms with Crippen molar-refractivity contribution in [1.82, 2.24) is 0 Å². The fraction of sp³-hybridized carbons (Fsp3) is 0.300. The molecule has 15 heavy (non-hydrogen) atoms. The minimum atomic E-state index is -0.997. The molecule has 0 aliphatic carbocycles. The molecule has 0 aliphatic heterocycles. The lowest BCUT2D eigenvalue weighted by atomic mass is 10.0. The first-order chi connectivity index (χ1) is 7.06. The molecule has 5 heteroatoms. The van der Waals surface area contributed by atoms with Gasteiger partial charge in [-0.05, 0) is 0 Å². The van der Waals surface area contributed by atoms with Crippen LogP contribution in [0.1, 0.15) is 17.2 Å². The van der Waals surface area contributed by atoms with E-state index >= 15 is 0 Å². The van der Waals surface area contributed by atoms with Gasteiger partial charge in [0.2, 0.25) is 0 Å². The van der Waals surface area contributed by atoms with Crippen molar-refractivity contribution in [2.24, 2.45) is 11.5 Å². The van der Waals surface area contributed by atoms with Crippen LogP contribution in [0.15, 0.2) is 18.2 Å². The molecule has 0 aromatic heterocycles. The average molecular weight is 210 g/mol. The van der Waals surface area contributed by atoms with Gasteiger partial charge < -0.3 is 21.7 Å². The Labute approximate surface area is 87.3 Å². The van der Waals surface area contributed by atoms with Gasteiger partial charge in [-0.15, -0.1) is 0 Å². The summed E-state index contributed by atoms with van der Waals surface area (Å²) in [6.07, 6.45) is -0.225. The van der Waals surface area contributed by atoms with Crippen molar-refractivity contribution in [1.29, 1.82) is 0 Å². The Bertz CT molecular complexity index is 366. The minimum Gasteiger partial charge on any atom is -0.507 e. The number of carbonyl (C=O) groups is 1. The molecule has 0 heterocycles. The fourth-order valence-corrected chi connectivity index (χ4v) is 1.34. The van der Waals surface area contributed by atoms with Gasteiger partial charge in [0.15, 0.2) is 0 Å². The fourth-order valence-electron chi connectivity index (χ4n) is 1.34. The lowest BCUT2D eigenvalue weighted by Crippen LogP contribution is -2.21. The van der Waals surface area contributed by atoms with Gasteiger partial charge in [-0.3, -0.25) is 4.79 Å². The molecule has 0 unspecified atom stereocenters. The summed E-state index contributed by atoms with van der Waals surface area (Å²) in [5, 5.41) is 18.4. The smallest absolute Gasteiger partial charge is 0.307 e. The van der Waals surface area contributed by atoms with Crippen LogP contribution in [0.25, 0.3) is 0 Å². The Balaban J connectivity index is 3.05. The van der Waals surface area contributed by atoms with Crippen molar-refractivity contribution in [3.05, 3.63) is 29.3 Å². The first-order valence-corrected chi connectivity index (χ1v) is 4.54. The predicted molar refractivity (Wildman–Crippen MR) is 55.4 cm³/mol. The largest absolute Gasteiger partial charge is 0.507 e. The highest BCUT2D eigenvalue weighted by Gasteiger charge is 2.13. The summed E-state index contributed by atoms with van der Waals surface area (Å²) in [6, 6.07) is 4.37. The van der Waals surface area contributed by atoms with Gasteiger partial charge >= 0.3 is 5.97 Å². The zero-order valence-corrected chi connectivity index (χ0v) is 8.18. The second-order valence-corrected chi connectivity index (χ2v) is 3.27. The van der Waals surface area contributed by atoms with E-state index < -0.39 is 12.0 Å². The number of carboxylic acids is 1. The SMILES string of the molecule is NC[C@H](N)c1cccc(CC(=O)O)c1O. The third-order valence-electron chi connectivity index (χ3n) is 2.15. The third kappa shape index (κ3) is 2.68. The van der Waals surface area contributed by atoms with E-state index in [0.717, 1.165) is 0 Å². The molecule has 1 atom stereocenters. The number of phenolic OH excluding ortho intramolecular Hbond substituents is 1. The topological polar surface area (TPSA) is 110 Å². The van der Waals surface area contributed by atoms with Crippen LogP contribution >= 0.6 is 0 Å². The highest BCUT2D eigenvalue weighted by molar-refractivity contribution is 5.71. The van der Waals surface area contributed by atoms with E-state index in [-0.39, 0.29) is 18.7 Å². The van der Waals surface area contributed by atoms with E-state index in [1.54, 1.807) is 18.2 Å². The Kier molecular flexibility index (Phi) is 3.65. The maximum absolute atomic E-state index is 10.5. The molecule has 0 fully saturated rings. The molecule has 82 valence electrons. The normalized spacial score (nSPS) is 12.4. The molecule has 6 N–H and O–H groups in total. The van der Waals surface area contributed by atoms with Crippen LogP contribution < -0.4 is 11.5 Å². The third-order valence-corrected chi connectivity index (χ3v) is 2.15. The van der Waals surface area contributed by atoms with E-state index in [4.69, 9.17) is 16.6 Å². The van der Waals surface area contributed by atoms with Crippen molar-refractivity contribution in [3.8, 4) is 5.75 Å². The maximum Gasteiger partial charge on any atom is 0.307 e. The number of rotatable bonds is 4. The number of aliphatic carboxylic acids is 1. The van der Waals surface area contributed by atoms with E-state index in [1.807, 2.05) is 0 Å². The van der Waals surface area contributed by atoms with Crippen LogP contribution in [-0.2, 0) is 11.2 Å². The minimum absolute atomic E-state index is 0.0714. The number of hydrogen-bond donors (Lipinski definition) is 4. The summed E-state index contributed by atoms with van der Waals surface area (Å²) in [5.74, 6) is -1.07. The highest BCUT2D eigenvalue weighted by atomic mass is 16.4. The summed E-state index contributed by atoms with van der Waals surface area (Å²) in [7, 11) is 0. The van der Waals surface area contributed by atoms with Crippen LogP contribution in [0.4, 0.5) is 0 Å². The zero-order chi connectivity index (χ0) is 11.4. The van der Waals surface area contributed by atoms with E-state index in [9.17, 15) is 9.90 Å². The van der Waals surface area contributed by atoms with E-state index in [2.05, 4.69) is 0 Å². The molecular formula is C10H14N2O3. The summed E-state index contributed by atoms with van der Waals surface area (Å²) in [4.78, 5) is 10.5. The van der Waals surface area contributed by atoms with Crippen molar-refractivity contribution < 1.29 is 15.0 Å². The van der Waals surface area contributed by atoms with Crippen molar-refractivity contribution in [2.75, 3.05) is 6.54 Å². The van der Waals surface area contributed by atoms with Crippen LogP contribution in [0.3, 0.4) is 0 Å². The molecule has 1 aromatic carbocycles. The first-order valence-electron chi connectivity index (χ1n) is 4.54. The Hall–Kier alpha value is -1.59. The zero-order valence-electron chi connectivity index (χ0n) is 8.18. The average Bonchev–Trinajstić information content (AvgIpc) is 2.19. The van der Waals surface area contributed by atoms with Crippen LogP contribution in [0, 0.1) is 0 Å². The Morgan fingerprint density at radius 1 is 1.47 bits per heavy atom. The monoisotopic (exact) mass is 210 g/mol. The lowest BCUT2D eigenvalue weighted by molar-refractivity contribution is -0.136. The summed E-state index contributed by atoms with van der Waals surface area (Å²) in [6.45, 7) is 0.198. The van der Waals surface area contributed by atoms with Crippen LogP contribution in [0.2, 0.25) is 0 Å². The molecule has 1 rings (SSSR count).